The van der Waals surface area contributed by atoms with Crippen LogP contribution in [0.1, 0.15) is 106 Å². The standard InChI is InChI=1S/C19H23N.C12H14O.C7H9N.C4H6O4.C2H3BO2.CH2Cl2.Na/c1-3-7-16(8-4-1)15-20-19-13-11-18(12-14-19)17-9-5-2-6-10-17;13-12-8-6-11(7-9-12)10-4-2-1-3-5-10;8-6-7-4-2-1-3-5-7;1-3(5)7-8-4(2)6;1-2(4)5-3;2-1-3;/h1-10,18-20H,11-15H2;1-5,11H,6-9H2;1-5H,6,8H2;1-2H3;1H3;1H2;/q;;;;-1;;+1. The smallest absolute Gasteiger partial charge is 0.793 e. The Morgan fingerprint density at radius 2 is 0.966 bits per heavy atom. The van der Waals surface area contributed by atoms with Gasteiger partial charge in [0.1, 0.15) is 5.78 Å². The molecule has 9 nitrogen and oxygen atoms in total. The van der Waals surface area contributed by atoms with Crippen molar-refractivity contribution < 1.29 is 63.2 Å². The van der Waals surface area contributed by atoms with Crippen molar-refractivity contribution in [2.24, 2.45) is 5.73 Å². The molecule has 307 valence electrons. The Hall–Kier alpha value is -3.48. The van der Waals surface area contributed by atoms with E-state index in [2.05, 4.69) is 113 Å². The number of hydrogen-bond donors (Lipinski definition) is 2. The number of hydrogen-bond acceptors (Lipinski definition) is 9. The van der Waals surface area contributed by atoms with E-state index in [1.165, 1.54) is 54.9 Å². The van der Waals surface area contributed by atoms with Crippen LogP contribution in [0.5, 0.6) is 0 Å². The van der Waals surface area contributed by atoms with Crippen molar-refractivity contribution in [2.45, 2.75) is 103 Å². The molecule has 58 heavy (non-hydrogen) atoms. The molecule has 0 unspecified atom stereocenters. The molecule has 0 spiro atoms. The molecule has 0 bridgehead atoms. The number of nitrogens with two attached hydrogens (primary N) is 1. The molecule has 3 N–H and O–H groups in total. The summed E-state index contributed by atoms with van der Waals surface area (Å²) in [6.45, 7) is 5.16. The summed E-state index contributed by atoms with van der Waals surface area (Å²) < 4.78 is 3.61. The van der Waals surface area contributed by atoms with E-state index < -0.39 is 17.9 Å². The van der Waals surface area contributed by atoms with E-state index in [1.807, 2.05) is 36.4 Å². The number of benzene rings is 4. The summed E-state index contributed by atoms with van der Waals surface area (Å²) in [6, 6.07) is 42.9. The van der Waals surface area contributed by atoms with Crippen LogP contribution in [0.25, 0.3) is 0 Å². The summed E-state index contributed by atoms with van der Waals surface area (Å²) in [6.07, 6.45) is 8.87. The Morgan fingerprint density at radius 1 is 0.621 bits per heavy atom. The Labute approximate surface area is 378 Å². The fraction of sp³-hybridized carbons (Fsp3) is 0.378. The topological polar surface area (TPSA) is 134 Å². The van der Waals surface area contributed by atoms with E-state index in [0.717, 1.165) is 52.0 Å². The van der Waals surface area contributed by atoms with Gasteiger partial charge in [0.25, 0.3) is 0 Å². The van der Waals surface area contributed by atoms with Crippen molar-refractivity contribution in [2.75, 3.05) is 5.34 Å². The molecule has 0 amide bonds. The minimum absolute atomic E-state index is 0. The van der Waals surface area contributed by atoms with E-state index in [0.29, 0.717) is 24.3 Å². The predicted molar refractivity (Wildman–Crippen MR) is 229 cm³/mol. The maximum atomic E-state index is 11.0. The quantitative estimate of drug-likeness (QED) is 0.0948. The first-order valence-electron chi connectivity index (χ1n) is 19.0. The van der Waals surface area contributed by atoms with Gasteiger partial charge in [0.2, 0.25) is 5.97 Å². The molecule has 2 aliphatic carbocycles. The number of nitrogens with one attached hydrogen (secondary N) is 1. The van der Waals surface area contributed by atoms with Gasteiger partial charge in [-0.05, 0) is 72.6 Å². The molecule has 6 rings (SSSR count). The number of halogens is 2. The third kappa shape index (κ3) is 28.0. The first-order chi connectivity index (χ1) is 27.5. The third-order valence-corrected chi connectivity index (χ3v) is 8.77. The number of carbonyl (C=O) groups excluding carboxylic acids is 4. The van der Waals surface area contributed by atoms with Gasteiger partial charge in [-0.2, -0.15) is 0 Å². The van der Waals surface area contributed by atoms with Crippen LogP contribution in [0.4, 0.5) is 0 Å². The van der Waals surface area contributed by atoms with E-state index >= 15 is 0 Å². The molecule has 0 aromatic heterocycles. The molecule has 2 fully saturated rings. The average Bonchev–Trinajstić information content (AvgIpc) is 3.25. The maximum absolute atomic E-state index is 11.0. The Bertz CT molecular complexity index is 1610. The summed E-state index contributed by atoms with van der Waals surface area (Å²) >= 11 is 9.53. The van der Waals surface area contributed by atoms with Gasteiger partial charge in [-0.1, -0.05) is 121 Å². The fourth-order valence-electron chi connectivity index (χ4n) is 5.94. The largest absolute Gasteiger partial charge is 1.00 e. The fourth-order valence-corrected chi connectivity index (χ4v) is 5.94. The van der Waals surface area contributed by atoms with Gasteiger partial charge in [-0.3, -0.25) is 9.59 Å². The second-order valence-electron chi connectivity index (χ2n) is 13.1. The van der Waals surface area contributed by atoms with Gasteiger partial charge in [0.05, 0.1) is 5.34 Å². The second kappa shape index (κ2) is 35.5. The van der Waals surface area contributed by atoms with E-state index in [4.69, 9.17) is 28.9 Å². The maximum Gasteiger partial charge on any atom is 1.00 e. The molecular formula is C45H57BCl2N2NaO7. The minimum Gasteiger partial charge on any atom is -0.793 e. The van der Waals surface area contributed by atoms with Crippen molar-refractivity contribution in [1.29, 1.82) is 0 Å². The van der Waals surface area contributed by atoms with Crippen molar-refractivity contribution in [3.63, 3.8) is 0 Å². The Morgan fingerprint density at radius 3 is 1.29 bits per heavy atom. The average molecular weight is 843 g/mol. The number of rotatable bonds is 6. The van der Waals surface area contributed by atoms with Crippen LogP contribution >= 0.6 is 23.2 Å². The first kappa shape index (κ1) is 54.5. The van der Waals surface area contributed by atoms with E-state index in [-0.39, 0.29) is 34.9 Å². The molecule has 2 saturated carbocycles. The van der Waals surface area contributed by atoms with Crippen LogP contribution in [0.15, 0.2) is 121 Å². The molecule has 0 aliphatic heterocycles. The molecule has 2 aliphatic rings. The summed E-state index contributed by atoms with van der Waals surface area (Å²) in [5.74, 6) is 0.0856. The summed E-state index contributed by atoms with van der Waals surface area (Å²) in [5, 5.41) is 3.90. The van der Waals surface area contributed by atoms with E-state index in [1.54, 1.807) is 0 Å². The van der Waals surface area contributed by atoms with Crippen LogP contribution in [-0.4, -0.2) is 43.1 Å². The molecule has 3 radical (unpaired) electrons. The summed E-state index contributed by atoms with van der Waals surface area (Å²) in [7, 11) is 4.32. The Balaban J connectivity index is 0.000000742. The summed E-state index contributed by atoms with van der Waals surface area (Å²) in [4.78, 5) is 47.8. The monoisotopic (exact) mass is 841 g/mol. The zero-order chi connectivity index (χ0) is 42.1. The Kier molecular flexibility index (Phi) is 33.3. The summed E-state index contributed by atoms with van der Waals surface area (Å²) in [5.41, 5.74) is 10.8. The first-order valence-corrected chi connectivity index (χ1v) is 20.1. The van der Waals surface area contributed by atoms with Gasteiger partial charge in [0, 0.05) is 52.7 Å². The van der Waals surface area contributed by atoms with Crippen LogP contribution in [-0.2, 0) is 46.7 Å². The number of alkyl halides is 2. The molecule has 4 aromatic carbocycles. The van der Waals surface area contributed by atoms with E-state index in [9.17, 15) is 19.2 Å². The molecule has 0 atom stereocenters. The molecule has 13 heteroatoms. The van der Waals surface area contributed by atoms with Gasteiger partial charge in [0.15, 0.2) is 0 Å². The zero-order valence-corrected chi connectivity index (χ0v) is 37.8. The SMILES string of the molecule is CC(=O)OOC(C)=O.ClCCl.NCc1ccccc1.O=C1CCC(c2ccccc2)CC1.[B-]OC(C)=O.[Na+].c1ccc(CNC2CCC(c3ccccc3)CC2)cc1. The molecular weight excluding hydrogens is 785 g/mol. The third-order valence-electron chi connectivity index (χ3n) is 8.77. The van der Waals surface area contributed by atoms with Crippen LogP contribution in [0.3, 0.4) is 0 Å². The molecule has 0 heterocycles. The van der Waals surface area contributed by atoms with Crippen LogP contribution < -0.4 is 40.6 Å². The predicted octanol–water partition coefficient (Wildman–Crippen LogP) is 6.65. The van der Waals surface area contributed by atoms with Gasteiger partial charge < -0.3 is 23.8 Å². The second-order valence-corrected chi connectivity index (χ2v) is 13.9. The van der Waals surface area contributed by atoms with Gasteiger partial charge in [-0.25, -0.2) is 19.4 Å². The number of carbonyl (C=O) groups is 4. The van der Waals surface area contributed by atoms with Gasteiger partial charge in [-0.15, -0.1) is 23.2 Å². The van der Waals surface area contributed by atoms with Crippen LogP contribution in [0, 0.1) is 0 Å². The normalized spacial score (nSPS) is 15.3. The minimum atomic E-state index is -0.639. The van der Waals surface area contributed by atoms with Crippen molar-refractivity contribution >= 4 is 54.9 Å². The van der Waals surface area contributed by atoms with Gasteiger partial charge >= 0.3 is 41.5 Å². The number of ketones is 1. The molecule has 0 saturated heterocycles. The van der Waals surface area contributed by atoms with Crippen LogP contribution in [0.2, 0.25) is 0 Å². The zero-order valence-electron chi connectivity index (χ0n) is 34.3. The van der Waals surface area contributed by atoms with Crippen molar-refractivity contribution in [3.8, 4) is 0 Å². The van der Waals surface area contributed by atoms with Crippen molar-refractivity contribution in [1.82, 2.24) is 5.32 Å². The number of Topliss-reactive ketones (excluding diaryl/α,β-unsaturated/α-hetero) is 1. The van der Waals surface area contributed by atoms with Crippen molar-refractivity contribution in [3.05, 3.63) is 144 Å². The molecule has 4 aromatic rings.